The minimum atomic E-state index is -0.395. The van der Waals surface area contributed by atoms with Gasteiger partial charge in [0.25, 0.3) is 0 Å². The fraction of sp³-hybridized carbons (Fsp3) is 0.125. The van der Waals surface area contributed by atoms with Crippen molar-refractivity contribution < 1.29 is 14.3 Å². The number of benzene rings is 3. The Morgan fingerprint density at radius 3 is 2.41 bits per heavy atom. The predicted octanol–water partition coefficient (Wildman–Crippen LogP) is 5.19. The van der Waals surface area contributed by atoms with E-state index in [1.54, 1.807) is 13.4 Å². The van der Waals surface area contributed by atoms with Crippen molar-refractivity contribution in [2.24, 2.45) is 0 Å². The van der Waals surface area contributed by atoms with Crippen LogP contribution in [0.25, 0.3) is 5.69 Å². The van der Waals surface area contributed by atoms with Gasteiger partial charge in [0.2, 0.25) is 5.91 Å². The molecule has 1 unspecified atom stereocenters. The normalized spacial score (nSPS) is 11.6. The molecule has 0 fully saturated rings. The van der Waals surface area contributed by atoms with E-state index in [4.69, 9.17) is 9.47 Å². The summed E-state index contributed by atoms with van der Waals surface area (Å²) < 4.78 is 13.0. The SMILES string of the molecule is COc1ccccc1-n1cnnc1SC(C)C(=O)Nc1ccc(Oc2ccccc2)cc1. The summed E-state index contributed by atoms with van der Waals surface area (Å²) in [6.07, 6.45) is 1.61. The standard InChI is InChI=1S/C24H22N4O3S/c1-17(32-24-27-25-16-28(24)21-10-6-7-11-22(21)30-2)23(29)26-18-12-14-20(15-13-18)31-19-8-4-3-5-9-19/h3-17H,1-2H3,(H,26,29). The van der Waals surface area contributed by atoms with Crippen LogP contribution in [0.3, 0.4) is 0 Å². The Morgan fingerprint density at radius 1 is 0.969 bits per heavy atom. The summed E-state index contributed by atoms with van der Waals surface area (Å²) in [6.45, 7) is 1.83. The number of hydrogen-bond acceptors (Lipinski definition) is 6. The summed E-state index contributed by atoms with van der Waals surface area (Å²) >= 11 is 1.32. The summed E-state index contributed by atoms with van der Waals surface area (Å²) in [5.74, 6) is 2.01. The molecule has 1 amide bonds. The Hall–Kier alpha value is -3.78. The molecule has 1 N–H and O–H groups in total. The lowest BCUT2D eigenvalue weighted by Crippen LogP contribution is -2.22. The highest BCUT2D eigenvalue weighted by Crippen LogP contribution is 2.29. The van der Waals surface area contributed by atoms with Crippen LogP contribution in [0.1, 0.15) is 6.92 Å². The molecule has 0 aliphatic heterocycles. The van der Waals surface area contributed by atoms with Crippen molar-refractivity contribution in [1.82, 2.24) is 14.8 Å². The molecule has 0 aliphatic carbocycles. The molecule has 1 heterocycles. The fourth-order valence-electron chi connectivity index (χ4n) is 2.99. The van der Waals surface area contributed by atoms with Crippen LogP contribution in [0.2, 0.25) is 0 Å². The second kappa shape index (κ2) is 10.0. The van der Waals surface area contributed by atoms with Crippen molar-refractivity contribution in [1.29, 1.82) is 0 Å². The second-order valence-corrected chi connectivity index (χ2v) is 8.15. The van der Waals surface area contributed by atoms with Gasteiger partial charge in [-0.2, -0.15) is 0 Å². The van der Waals surface area contributed by atoms with Crippen molar-refractivity contribution in [3.8, 4) is 22.9 Å². The number of methoxy groups -OCH3 is 1. The number of para-hydroxylation sites is 3. The van der Waals surface area contributed by atoms with Gasteiger partial charge >= 0.3 is 0 Å². The van der Waals surface area contributed by atoms with Gasteiger partial charge in [-0.15, -0.1) is 10.2 Å². The molecule has 0 radical (unpaired) electrons. The smallest absolute Gasteiger partial charge is 0.237 e. The molecule has 3 aromatic carbocycles. The summed E-state index contributed by atoms with van der Waals surface area (Å²) in [4.78, 5) is 12.7. The highest BCUT2D eigenvalue weighted by atomic mass is 32.2. The first kappa shape index (κ1) is 21.5. The lowest BCUT2D eigenvalue weighted by molar-refractivity contribution is -0.115. The molecule has 0 spiro atoms. The topological polar surface area (TPSA) is 78.3 Å². The number of aromatic nitrogens is 3. The largest absolute Gasteiger partial charge is 0.495 e. The lowest BCUT2D eigenvalue weighted by Gasteiger charge is -2.14. The molecule has 4 aromatic rings. The van der Waals surface area contributed by atoms with E-state index in [1.165, 1.54) is 11.8 Å². The van der Waals surface area contributed by atoms with E-state index < -0.39 is 5.25 Å². The maximum absolute atomic E-state index is 12.7. The third-order valence-electron chi connectivity index (χ3n) is 4.61. The molecule has 4 rings (SSSR count). The Bertz CT molecular complexity index is 1180. The van der Waals surface area contributed by atoms with Crippen LogP contribution in [0.4, 0.5) is 5.69 Å². The first-order valence-electron chi connectivity index (χ1n) is 9.98. The molecule has 162 valence electrons. The first-order chi connectivity index (χ1) is 15.6. The first-order valence-corrected chi connectivity index (χ1v) is 10.9. The Morgan fingerprint density at radius 2 is 1.66 bits per heavy atom. The summed E-state index contributed by atoms with van der Waals surface area (Å²) in [5, 5.41) is 11.3. The molecular formula is C24H22N4O3S. The zero-order valence-electron chi connectivity index (χ0n) is 17.6. The molecular weight excluding hydrogens is 424 g/mol. The van der Waals surface area contributed by atoms with Crippen LogP contribution in [0.5, 0.6) is 17.2 Å². The van der Waals surface area contributed by atoms with Crippen LogP contribution in [0.15, 0.2) is 90.3 Å². The summed E-state index contributed by atoms with van der Waals surface area (Å²) in [7, 11) is 1.61. The van der Waals surface area contributed by atoms with E-state index in [2.05, 4.69) is 15.5 Å². The van der Waals surface area contributed by atoms with Crippen LogP contribution in [-0.2, 0) is 4.79 Å². The van der Waals surface area contributed by atoms with E-state index in [0.29, 0.717) is 22.3 Å². The average Bonchev–Trinajstić information content (AvgIpc) is 3.28. The van der Waals surface area contributed by atoms with Gasteiger partial charge in [-0.3, -0.25) is 9.36 Å². The zero-order chi connectivity index (χ0) is 22.3. The van der Waals surface area contributed by atoms with Gasteiger partial charge in [0, 0.05) is 5.69 Å². The predicted molar refractivity (Wildman–Crippen MR) is 125 cm³/mol. The second-order valence-electron chi connectivity index (χ2n) is 6.84. The number of amides is 1. The van der Waals surface area contributed by atoms with Gasteiger partial charge in [0.15, 0.2) is 5.16 Å². The number of carbonyl (C=O) groups excluding carboxylic acids is 1. The van der Waals surface area contributed by atoms with Gasteiger partial charge in [-0.05, 0) is 55.5 Å². The number of hydrogen-bond donors (Lipinski definition) is 1. The molecule has 0 bridgehead atoms. The van der Waals surface area contributed by atoms with Gasteiger partial charge in [0.05, 0.1) is 18.0 Å². The Balaban J connectivity index is 1.39. The molecule has 32 heavy (non-hydrogen) atoms. The number of ether oxygens (including phenoxy) is 2. The maximum Gasteiger partial charge on any atom is 0.237 e. The minimum Gasteiger partial charge on any atom is -0.495 e. The number of thioether (sulfide) groups is 1. The third kappa shape index (κ3) is 5.09. The molecule has 0 saturated heterocycles. The van der Waals surface area contributed by atoms with Crippen LogP contribution in [0, 0.1) is 0 Å². The highest BCUT2D eigenvalue weighted by Gasteiger charge is 2.19. The van der Waals surface area contributed by atoms with Crippen molar-refractivity contribution in [3.63, 3.8) is 0 Å². The van der Waals surface area contributed by atoms with Crippen LogP contribution >= 0.6 is 11.8 Å². The van der Waals surface area contributed by atoms with Crippen molar-refractivity contribution in [3.05, 3.63) is 85.2 Å². The van der Waals surface area contributed by atoms with E-state index in [0.717, 1.165) is 11.4 Å². The molecule has 7 nitrogen and oxygen atoms in total. The number of anilines is 1. The van der Waals surface area contributed by atoms with Gasteiger partial charge in [-0.25, -0.2) is 0 Å². The lowest BCUT2D eigenvalue weighted by atomic mass is 10.3. The fourth-order valence-corrected chi connectivity index (χ4v) is 3.82. The van der Waals surface area contributed by atoms with E-state index in [-0.39, 0.29) is 5.91 Å². The van der Waals surface area contributed by atoms with E-state index in [9.17, 15) is 4.79 Å². The zero-order valence-corrected chi connectivity index (χ0v) is 18.5. The van der Waals surface area contributed by atoms with Crippen molar-refractivity contribution in [2.75, 3.05) is 12.4 Å². The number of nitrogens with one attached hydrogen (secondary N) is 1. The molecule has 0 saturated carbocycles. The maximum atomic E-state index is 12.7. The number of nitrogens with zero attached hydrogens (tertiary/aromatic N) is 3. The number of carbonyl (C=O) groups is 1. The van der Waals surface area contributed by atoms with Gasteiger partial charge in [-0.1, -0.05) is 42.1 Å². The minimum absolute atomic E-state index is 0.138. The monoisotopic (exact) mass is 446 g/mol. The van der Waals surface area contributed by atoms with Crippen molar-refractivity contribution >= 4 is 23.4 Å². The molecule has 8 heteroatoms. The molecule has 1 aromatic heterocycles. The quantitative estimate of drug-likeness (QED) is 0.376. The van der Waals surface area contributed by atoms with E-state index in [1.807, 2.05) is 90.4 Å². The van der Waals surface area contributed by atoms with E-state index >= 15 is 0 Å². The van der Waals surface area contributed by atoms with Gasteiger partial charge in [0.1, 0.15) is 23.6 Å². The number of rotatable bonds is 8. The van der Waals surface area contributed by atoms with Crippen LogP contribution in [-0.4, -0.2) is 33.0 Å². The highest BCUT2D eigenvalue weighted by molar-refractivity contribution is 8.00. The Labute approximate surface area is 190 Å². The summed E-state index contributed by atoms with van der Waals surface area (Å²) in [6, 6.07) is 24.4. The summed E-state index contributed by atoms with van der Waals surface area (Å²) in [5.41, 5.74) is 1.50. The van der Waals surface area contributed by atoms with Crippen LogP contribution < -0.4 is 14.8 Å². The molecule has 1 atom stereocenters. The average molecular weight is 447 g/mol. The third-order valence-corrected chi connectivity index (χ3v) is 5.67. The van der Waals surface area contributed by atoms with Gasteiger partial charge < -0.3 is 14.8 Å². The molecule has 0 aliphatic rings. The Kier molecular flexibility index (Phi) is 6.72. The van der Waals surface area contributed by atoms with Crippen molar-refractivity contribution in [2.45, 2.75) is 17.3 Å².